The molecule has 5 heteroatoms. The molecule has 0 radical (unpaired) electrons. The van der Waals surface area contributed by atoms with Crippen molar-refractivity contribution in [3.8, 4) is 0 Å². The molecule has 0 aliphatic rings. The average Bonchev–Trinajstić information content (AvgIpc) is 1.94. The second kappa shape index (κ2) is 4.08. The molecule has 0 saturated heterocycles. The Morgan fingerprint density at radius 1 is 1.42 bits per heavy atom. The first-order valence-corrected chi connectivity index (χ1v) is 5.01. The molecule has 0 amide bonds. The maximum Gasteiger partial charge on any atom is 0.191 e. The van der Waals surface area contributed by atoms with Gasteiger partial charge in [-0.15, -0.1) is 0 Å². The normalized spacial score (nSPS) is 9.50. The van der Waals surface area contributed by atoms with E-state index in [2.05, 4.69) is 43.5 Å². The standard InChI is InChI=1S/C7H7BrIN3/c8-4-1-2-6(5(9)3-4)12-7(10)11/h1-3H,(H4,10,11,12). The maximum atomic E-state index is 5.24. The molecule has 0 bridgehead atoms. The smallest absolute Gasteiger partial charge is 0.191 e. The van der Waals surface area contributed by atoms with Crippen LogP contribution in [-0.2, 0) is 0 Å². The minimum Gasteiger partial charge on any atom is -0.370 e. The van der Waals surface area contributed by atoms with Gasteiger partial charge in [0.15, 0.2) is 5.96 Å². The topological polar surface area (TPSA) is 64.4 Å². The summed E-state index contributed by atoms with van der Waals surface area (Å²) in [6, 6.07) is 5.69. The molecule has 0 aliphatic carbocycles. The van der Waals surface area contributed by atoms with Crippen LogP contribution >= 0.6 is 38.5 Å². The van der Waals surface area contributed by atoms with Gasteiger partial charge in [0.2, 0.25) is 0 Å². The third-order valence-electron chi connectivity index (χ3n) is 1.16. The van der Waals surface area contributed by atoms with Crippen molar-refractivity contribution >= 4 is 50.2 Å². The van der Waals surface area contributed by atoms with E-state index in [0.717, 1.165) is 13.7 Å². The van der Waals surface area contributed by atoms with Gasteiger partial charge in [-0.2, -0.15) is 0 Å². The summed E-state index contributed by atoms with van der Waals surface area (Å²) in [5, 5.41) is 0. The van der Waals surface area contributed by atoms with Gasteiger partial charge in [-0.05, 0) is 40.8 Å². The summed E-state index contributed by atoms with van der Waals surface area (Å²) in [7, 11) is 0. The van der Waals surface area contributed by atoms with Crippen LogP contribution in [0.15, 0.2) is 27.7 Å². The molecule has 12 heavy (non-hydrogen) atoms. The fraction of sp³-hybridized carbons (Fsp3) is 0. The van der Waals surface area contributed by atoms with E-state index in [1.165, 1.54) is 0 Å². The van der Waals surface area contributed by atoms with Crippen LogP contribution in [0.3, 0.4) is 0 Å². The van der Waals surface area contributed by atoms with Gasteiger partial charge in [-0.3, -0.25) is 0 Å². The summed E-state index contributed by atoms with van der Waals surface area (Å²) >= 11 is 5.52. The molecular formula is C7H7BrIN3. The highest BCUT2D eigenvalue weighted by molar-refractivity contribution is 14.1. The fourth-order valence-electron chi connectivity index (χ4n) is 0.711. The maximum absolute atomic E-state index is 5.24. The first-order chi connectivity index (χ1) is 5.59. The summed E-state index contributed by atoms with van der Waals surface area (Å²) in [6.07, 6.45) is 0. The van der Waals surface area contributed by atoms with Crippen molar-refractivity contribution < 1.29 is 0 Å². The molecule has 0 heterocycles. The van der Waals surface area contributed by atoms with Crippen LogP contribution in [0.1, 0.15) is 0 Å². The quantitative estimate of drug-likeness (QED) is 0.466. The van der Waals surface area contributed by atoms with Gasteiger partial charge in [0.05, 0.1) is 5.69 Å². The molecule has 0 unspecified atom stereocenters. The van der Waals surface area contributed by atoms with Crippen LogP contribution in [0.2, 0.25) is 0 Å². The van der Waals surface area contributed by atoms with Crippen molar-refractivity contribution in [1.82, 2.24) is 0 Å². The monoisotopic (exact) mass is 339 g/mol. The summed E-state index contributed by atoms with van der Waals surface area (Å²) in [5.74, 6) is 0.0789. The Bertz CT molecular complexity index is 320. The van der Waals surface area contributed by atoms with Crippen LogP contribution in [0, 0.1) is 3.57 Å². The number of nitrogens with zero attached hydrogens (tertiary/aromatic N) is 1. The number of guanidine groups is 1. The van der Waals surface area contributed by atoms with Gasteiger partial charge >= 0.3 is 0 Å². The molecular weight excluding hydrogens is 333 g/mol. The fourth-order valence-corrected chi connectivity index (χ4v) is 2.14. The lowest BCUT2D eigenvalue weighted by Gasteiger charge is -1.98. The van der Waals surface area contributed by atoms with Crippen LogP contribution in [-0.4, -0.2) is 5.96 Å². The number of nitrogens with two attached hydrogens (primary N) is 2. The first-order valence-electron chi connectivity index (χ1n) is 3.14. The van der Waals surface area contributed by atoms with Crippen molar-refractivity contribution in [3.63, 3.8) is 0 Å². The lowest BCUT2D eigenvalue weighted by atomic mass is 10.3. The number of hydrogen-bond acceptors (Lipinski definition) is 1. The van der Waals surface area contributed by atoms with Gasteiger partial charge in [-0.25, -0.2) is 4.99 Å². The molecule has 1 rings (SSSR count). The van der Waals surface area contributed by atoms with E-state index in [-0.39, 0.29) is 5.96 Å². The van der Waals surface area contributed by atoms with Gasteiger partial charge in [0, 0.05) is 8.04 Å². The Hall–Kier alpha value is -0.300. The van der Waals surface area contributed by atoms with Crippen molar-refractivity contribution in [2.24, 2.45) is 16.5 Å². The molecule has 1 aromatic carbocycles. The third kappa shape index (κ3) is 2.63. The van der Waals surface area contributed by atoms with E-state index in [0.29, 0.717) is 0 Å². The Morgan fingerprint density at radius 3 is 2.58 bits per heavy atom. The van der Waals surface area contributed by atoms with Gasteiger partial charge in [0.25, 0.3) is 0 Å². The highest BCUT2D eigenvalue weighted by Gasteiger charge is 1.97. The lowest BCUT2D eigenvalue weighted by molar-refractivity contribution is 1.40. The lowest BCUT2D eigenvalue weighted by Crippen LogP contribution is -2.21. The van der Waals surface area contributed by atoms with Crippen LogP contribution in [0.5, 0.6) is 0 Å². The average molecular weight is 340 g/mol. The summed E-state index contributed by atoms with van der Waals surface area (Å²) in [6.45, 7) is 0. The highest BCUT2D eigenvalue weighted by atomic mass is 127. The zero-order valence-corrected chi connectivity index (χ0v) is 9.83. The molecule has 0 aliphatic heterocycles. The van der Waals surface area contributed by atoms with Gasteiger partial charge in [0.1, 0.15) is 0 Å². The second-order valence-electron chi connectivity index (χ2n) is 2.13. The van der Waals surface area contributed by atoms with Crippen LogP contribution in [0.25, 0.3) is 0 Å². The van der Waals surface area contributed by atoms with Gasteiger partial charge in [-0.1, -0.05) is 15.9 Å². The number of aliphatic imine (C=N–C) groups is 1. The SMILES string of the molecule is NC(N)=Nc1ccc(Br)cc1I. The number of rotatable bonds is 1. The zero-order chi connectivity index (χ0) is 9.14. The minimum absolute atomic E-state index is 0.0789. The predicted molar refractivity (Wildman–Crippen MR) is 62.3 cm³/mol. The summed E-state index contributed by atoms with van der Waals surface area (Å²) in [5.41, 5.74) is 11.3. The van der Waals surface area contributed by atoms with Crippen molar-refractivity contribution in [1.29, 1.82) is 0 Å². The number of benzene rings is 1. The molecule has 0 spiro atoms. The van der Waals surface area contributed by atoms with Crippen molar-refractivity contribution in [3.05, 3.63) is 26.2 Å². The van der Waals surface area contributed by atoms with Crippen LogP contribution < -0.4 is 11.5 Å². The van der Waals surface area contributed by atoms with E-state index in [9.17, 15) is 0 Å². The third-order valence-corrected chi connectivity index (χ3v) is 2.52. The molecule has 3 nitrogen and oxygen atoms in total. The highest BCUT2D eigenvalue weighted by Crippen LogP contribution is 2.24. The van der Waals surface area contributed by atoms with Gasteiger partial charge < -0.3 is 11.5 Å². The zero-order valence-electron chi connectivity index (χ0n) is 6.09. The van der Waals surface area contributed by atoms with Crippen molar-refractivity contribution in [2.45, 2.75) is 0 Å². The van der Waals surface area contributed by atoms with E-state index in [1.807, 2.05) is 18.2 Å². The number of hydrogen-bond donors (Lipinski definition) is 2. The minimum atomic E-state index is 0.0789. The van der Waals surface area contributed by atoms with E-state index in [1.54, 1.807) is 0 Å². The van der Waals surface area contributed by atoms with Crippen molar-refractivity contribution in [2.75, 3.05) is 0 Å². The molecule has 0 atom stereocenters. The summed E-state index contributed by atoms with van der Waals surface area (Å²) < 4.78 is 2.02. The van der Waals surface area contributed by atoms with Crippen LogP contribution in [0.4, 0.5) is 5.69 Å². The predicted octanol–water partition coefficient (Wildman–Crippen LogP) is 1.96. The molecule has 0 saturated carbocycles. The molecule has 64 valence electrons. The molecule has 1 aromatic rings. The Balaban J connectivity index is 3.10. The molecule has 0 aromatic heterocycles. The van der Waals surface area contributed by atoms with E-state index in [4.69, 9.17) is 11.5 Å². The second-order valence-corrected chi connectivity index (χ2v) is 4.21. The Kier molecular flexibility index (Phi) is 3.33. The Morgan fingerprint density at radius 2 is 2.08 bits per heavy atom. The Labute approximate surface area is 92.5 Å². The van der Waals surface area contributed by atoms with E-state index < -0.39 is 0 Å². The van der Waals surface area contributed by atoms with E-state index >= 15 is 0 Å². The first kappa shape index (κ1) is 9.79. The largest absolute Gasteiger partial charge is 0.370 e. The molecule has 4 N–H and O–H groups in total. The number of halogens is 2. The molecule has 0 fully saturated rings. The summed E-state index contributed by atoms with van der Waals surface area (Å²) in [4.78, 5) is 3.94.